The molecule has 0 spiro atoms. The van der Waals surface area contributed by atoms with Gasteiger partial charge in [0, 0.05) is 5.56 Å². The number of rotatable bonds is 5. The zero-order valence-corrected chi connectivity index (χ0v) is 16.8. The first-order valence-corrected chi connectivity index (χ1v) is 10.1. The molecular weight excluding hydrogens is 434 g/mol. The minimum Gasteiger partial charge on any atom is -0.296 e. The summed E-state index contributed by atoms with van der Waals surface area (Å²) in [6.45, 7) is 0. The SMILES string of the molecule is CNS(=O)c1cc(C(=O)Nc2nnc(-c3ccc(F)cc3)s2)c(Cl)cc1Cl. The van der Waals surface area contributed by atoms with Crippen molar-refractivity contribution in [3.8, 4) is 10.6 Å². The van der Waals surface area contributed by atoms with Crippen LogP contribution in [0.5, 0.6) is 0 Å². The van der Waals surface area contributed by atoms with E-state index in [4.69, 9.17) is 23.2 Å². The third-order valence-electron chi connectivity index (χ3n) is 3.39. The Morgan fingerprint density at radius 1 is 1.15 bits per heavy atom. The maximum atomic E-state index is 13.0. The van der Waals surface area contributed by atoms with Crippen molar-refractivity contribution in [2.24, 2.45) is 0 Å². The van der Waals surface area contributed by atoms with E-state index < -0.39 is 16.9 Å². The number of carbonyl (C=O) groups excluding carboxylic acids is 1. The lowest BCUT2D eigenvalue weighted by Gasteiger charge is -2.08. The monoisotopic (exact) mass is 444 g/mol. The van der Waals surface area contributed by atoms with E-state index in [1.165, 1.54) is 31.3 Å². The molecule has 3 rings (SSSR count). The van der Waals surface area contributed by atoms with Crippen molar-refractivity contribution >= 4 is 56.6 Å². The van der Waals surface area contributed by atoms with Crippen LogP contribution in [0.25, 0.3) is 10.6 Å². The van der Waals surface area contributed by atoms with Gasteiger partial charge in [-0.2, -0.15) is 0 Å². The lowest BCUT2D eigenvalue weighted by Crippen LogP contribution is -2.15. The highest BCUT2D eigenvalue weighted by Crippen LogP contribution is 2.30. The van der Waals surface area contributed by atoms with Crippen LogP contribution in [0, 0.1) is 5.82 Å². The van der Waals surface area contributed by atoms with Gasteiger partial charge in [0.05, 0.1) is 20.5 Å². The predicted octanol–water partition coefficient (Wildman–Crippen LogP) is 4.15. The molecule has 1 unspecified atom stereocenters. The lowest BCUT2D eigenvalue weighted by molar-refractivity contribution is 0.102. The lowest BCUT2D eigenvalue weighted by atomic mass is 10.2. The Labute approximate surface area is 170 Å². The minimum atomic E-state index is -1.58. The number of amides is 1. The Bertz CT molecular complexity index is 1030. The molecule has 27 heavy (non-hydrogen) atoms. The van der Waals surface area contributed by atoms with Crippen LogP contribution in [0.1, 0.15) is 10.4 Å². The molecule has 140 valence electrons. The van der Waals surface area contributed by atoms with Crippen LogP contribution in [0.15, 0.2) is 41.3 Å². The number of aromatic nitrogens is 2. The van der Waals surface area contributed by atoms with Crippen molar-refractivity contribution in [1.82, 2.24) is 14.9 Å². The third-order valence-corrected chi connectivity index (χ3v) is 6.12. The maximum Gasteiger partial charge on any atom is 0.259 e. The van der Waals surface area contributed by atoms with Gasteiger partial charge in [0.1, 0.15) is 21.8 Å². The van der Waals surface area contributed by atoms with Crippen LogP contribution in [0.4, 0.5) is 9.52 Å². The Morgan fingerprint density at radius 3 is 2.52 bits per heavy atom. The molecule has 3 aromatic rings. The van der Waals surface area contributed by atoms with E-state index >= 15 is 0 Å². The summed E-state index contributed by atoms with van der Waals surface area (Å²) in [5.41, 5.74) is 0.767. The van der Waals surface area contributed by atoms with E-state index in [0.717, 1.165) is 11.3 Å². The number of nitrogens with zero attached hydrogens (tertiary/aromatic N) is 2. The predicted molar refractivity (Wildman–Crippen MR) is 105 cm³/mol. The van der Waals surface area contributed by atoms with E-state index in [9.17, 15) is 13.4 Å². The highest BCUT2D eigenvalue weighted by Gasteiger charge is 2.18. The molecule has 0 aliphatic carbocycles. The van der Waals surface area contributed by atoms with Gasteiger partial charge in [-0.05, 0) is 43.4 Å². The fraction of sp³-hybridized carbons (Fsp3) is 0.0625. The second-order valence-electron chi connectivity index (χ2n) is 5.11. The fourth-order valence-electron chi connectivity index (χ4n) is 2.10. The zero-order chi connectivity index (χ0) is 19.6. The van der Waals surface area contributed by atoms with Gasteiger partial charge in [0.25, 0.3) is 5.91 Å². The van der Waals surface area contributed by atoms with Crippen molar-refractivity contribution in [2.75, 3.05) is 12.4 Å². The fourth-order valence-corrected chi connectivity index (χ4v) is 4.21. The Balaban J connectivity index is 1.84. The highest BCUT2D eigenvalue weighted by atomic mass is 35.5. The molecule has 1 amide bonds. The van der Waals surface area contributed by atoms with Crippen LogP contribution >= 0.6 is 34.5 Å². The quantitative estimate of drug-likeness (QED) is 0.618. The first-order valence-electron chi connectivity index (χ1n) is 7.38. The van der Waals surface area contributed by atoms with E-state index in [0.29, 0.717) is 10.6 Å². The van der Waals surface area contributed by atoms with E-state index in [-0.39, 0.29) is 31.5 Å². The topological polar surface area (TPSA) is 84.0 Å². The normalized spacial score (nSPS) is 12.0. The summed E-state index contributed by atoms with van der Waals surface area (Å²) < 4.78 is 27.5. The van der Waals surface area contributed by atoms with E-state index in [1.54, 1.807) is 12.1 Å². The summed E-state index contributed by atoms with van der Waals surface area (Å²) in [5, 5.41) is 11.5. The van der Waals surface area contributed by atoms with Crippen molar-refractivity contribution in [3.05, 3.63) is 57.8 Å². The number of carbonyl (C=O) groups is 1. The molecule has 2 N–H and O–H groups in total. The molecule has 6 nitrogen and oxygen atoms in total. The van der Waals surface area contributed by atoms with E-state index in [2.05, 4.69) is 20.2 Å². The van der Waals surface area contributed by atoms with Crippen LogP contribution in [-0.4, -0.2) is 27.4 Å². The van der Waals surface area contributed by atoms with Gasteiger partial charge in [-0.3, -0.25) is 10.1 Å². The van der Waals surface area contributed by atoms with Gasteiger partial charge in [-0.25, -0.2) is 13.3 Å². The number of benzene rings is 2. The number of nitrogens with one attached hydrogen (secondary N) is 2. The van der Waals surface area contributed by atoms with Crippen LogP contribution < -0.4 is 10.0 Å². The molecule has 1 aromatic heterocycles. The highest BCUT2D eigenvalue weighted by molar-refractivity contribution is 7.83. The second-order valence-corrected chi connectivity index (χ2v) is 8.29. The summed E-state index contributed by atoms with van der Waals surface area (Å²) in [7, 11) is -0.0839. The number of anilines is 1. The van der Waals surface area contributed by atoms with Gasteiger partial charge in [-0.15, -0.1) is 10.2 Å². The first kappa shape index (κ1) is 19.8. The van der Waals surface area contributed by atoms with Gasteiger partial charge in [0.2, 0.25) is 5.13 Å². The molecule has 0 aliphatic heterocycles. The number of halogens is 3. The molecule has 0 aliphatic rings. The Kier molecular flexibility index (Phi) is 6.18. The summed E-state index contributed by atoms with van der Waals surface area (Å²) in [4.78, 5) is 12.8. The zero-order valence-electron chi connectivity index (χ0n) is 13.6. The van der Waals surface area contributed by atoms with Gasteiger partial charge in [0.15, 0.2) is 0 Å². The molecule has 2 aromatic carbocycles. The molecule has 0 bridgehead atoms. The second kappa shape index (κ2) is 8.41. The van der Waals surface area contributed by atoms with E-state index in [1.807, 2.05) is 0 Å². The molecule has 0 radical (unpaired) electrons. The standard InChI is InChI=1S/C16H11Cl2FN4O2S2/c1-20-27(25)13-6-10(11(17)7-12(13)18)14(24)21-16-23-22-15(26-16)8-2-4-9(19)5-3-8/h2-7,20H,1H3,(H,21,23,24). The van der Waals surface area contributed by atoms with Crippen LogP contribution in [-0.2, 0) is 11.0 Å². The smallest absolute Gasteiger partial charge is 0.259 e. The minimum absolute atomic E-state index is 0.0956. The summed E-state index contributed by atoms with van der Waals surface area (Å²) in [6, 6.07) is 8.46. The van der Waals surface area contributed by atoms with Gasteiger partial charge >= 0.3 is 0 Å². The van der Waals surface area contributed by atoms with Crippen molar-refractivity contribution < 1.29 is 13.4 Å². The maximum absolute atomic E-state index is 13.0. The van der Waals surface area contributed by atoms with Crippen molar-refractivity contribution in [3.63, 3.8) is 0 Å². The van der Waals surface area contributed by atoms with Crippen LogP contribution in [0.2, 0.25) is 10.0 Å². The largest absolute Gasteiger partial charge is 0.296 e. The summed E-state index contributed by atoms with van der Waals surface area (Å²) in [5.74, 6) is -0.906. The molecule has 1 heterocycles. The Morgan fingerprint density at radius 2 is 1.85 bits per heavy atom. The molecule has 0 saturated heterocycles. The van der Waals surface area contributed by atoms with Crippen molar-refractivity contribution in [2.45, 2.75) is 4.90 Å². The first-order chi connectivity index (χ1) is 12.9. The average molecular weight is 445 g/mol. The number of hydrogen-bond acceptors (Lipinski definition) is 5. The Hall–Kier alpha value is -1.91. The third kappa shape index (κ3) is 4.50. The molecule has 1 atom stereocenters. The summed E-state index contributed by atoms with van der Waals surface area (Å²) >= 11 is 13.2. The van der Waals surface area contributed by atoms with Crippen molar-refractivity contribution in [1.29, 1.82) is 0 Å². The molecule has 11 heteroatoms. The molecular formula is C16H11Cl2FN4O2S2. The molecule has 0 saturated carbocycles. The van der Waals surface area contributed by atoms with Crippen LogP contribution in [0.3, 0.4) is 0 Å². The average Bonchev–Trinajstić information content (AvgIpc) is 3.10. The molecule has 0 fully saturated rings. The van der Waals surface area contributed by atoms with Gasteiger partial charge in [-0.1, -0.05) is 34.5 Å². The van der Waals surface area contributed by atoms with Gasteiger partial charge < -0.3 is 0 Å². The summed E-state index contributed by atoms with van der Waals surface area (Å²) in [6.07, 6.45) is 0. The number of hydrogen-bond donors (Lipinski definition) is 2.